The van der Waals surface area contributed by atoms with Crippen LogP contribution in [-0.4, -0.2) is 38.2 Å². The van der Waals surface area contributed by atoms with Gasteiger partial charge >= 0.3 is 0 Å². The SMILES string of the molecule is COc1ccc(OC)c2sc(N3CCCC4(C3)CC4(F)F)nc12. The molecular weight excluding hydrogens is 322 g/mol. The lowest BCUT2D eigenvalue weighted by Gasteiger charge is -2.32. The third-order valence-corrected chi connectivity index (χ3v) is 6.09. The molecule has 23 heavy (non-hydrogen) atoms. The van der Waals surface area contributed by atoms with Gasteiger partial charge in [-0.15, -0.1) is 0 Å². The van der Waals surface area contributed by atoms with Crippen LogP contribution >= 0.6 is 11.3 Å². The van der Waals surface area contributed by atoms with Crippen LogP contribution in [-0.2, 0) is 0 Å². The minimum atomic E-state index is -2.52. The number of hydrogen-bond acceptors (Lipinski definition) is 5. The van der Waals surface area contributed by atoms with E-state index in [9.17, 15) is 8.78 Å². The van der Waals surface area contributed by atoms with Gasteiger partial charge in [-0.3, -0.25) is 0 Å². The number of methoxy groups -OCH3 is 2. The molecule has 1 unspecified atom stereocenters. The Bertz CT molecular complexity index is 723. The number of ether oxygens (including phenoxy) is 2. The molecule has 124 valence electrons. The fourth-order valence-electron chi connectivity index (χ4n) is 3.53. The molecule has 1 saturated heterocycles. The first-order valence-electron chi connectivity index (χ1n) is 7.64. The van der Waals surface area contributed by atoms with E-state index >= 15 is 0 Å². The molecule has 4 nitrogen and oxygen atoms in total. The molecule has 1 aliphatic heterocycles. The Labute approximate surface area is 137 Å². The normalized spacial score (nSPS) is 25.8. The molecule has 4 rings (SSSR count). The molecule has 1 atom stereocenters. The number of alkyl halides is 2. The van der Waals surface area contributed by atoms with Crippen molar-refractivity contribution < 1.29 is 18.3 Å². The van der Waals surface area contributed by atoms with Crippen molar-refractivity contribution in [2.24, 2.45) is 5.41 Å². The van der Waals surface area contributed by atoms with E-state index in [1.807, 2.05) is 17.0 Å². The van der Waals surface area contributed by atoms with E-state index in [0.717, 1.165) is 34.1 Å². The molecule has 1 spiro atoms. The van der Waals surface area contributed by atoms with Gasteiger partial charge in [0.15, 0.2) is 5.13 Å². The highest BCUT2D eigenvalue weighted by Crippen LogP contribution is 2.64. The molecule has 7 heteroatoms. The van der Waals surface area contributed by atoms with Crippen LogP contribution in [0.3, 0.4) is 0 Å². The lowest BCUT2D eigenvalue weighted by Crippen LogP contribution is -2.39. The van der Waals surface area contributed by atoms with Gasteiger partial charge in [0.05, 0.1) is 19.6 Å². The van der Waals surface area contributed by atoms with Gasteiger partial charge in [0.25, 0.3) is 5.92 Å². The molecule has 1 aromatic carbocycles. The van der Waals surface area contributed by atoms with E-state index in [-0.39, 0.29) is 6.42 Å². The zero-order valence-electron chi connectivity index (χ0n) is 13.1. The van der Waals surface area contributed by atoms with E-state index in [1.165, 1.54) is 11.3 Å². The zero-order chi connectivity index (χ0) is 16.2. The van der Waals surface area contributed by atoms with Crippen molar-refractivity contribution in [3.05, 3.63) is 12.1 Å². The predicted molar refractivity (Wildman–Crippen MR) is 86.2 cm³/mol. The summed E-state index contributed by atoms with van der Waals surface area (Å²) in [6, 6.07) is 3.66. The van der Waals surface area contributed by atoms with Crippen LogP contribution in [0.2, 0.25) is 0 Å². The number of anilines is 1. The predicted octanol–water partition coefficient (Wildman–Crippen LogP) is 3.94. The van der Waals surface area contributed by atoms with E-state index in [1.54, 1.807) is 14.2 Å². The maximum atomic E-state index is 13.7. The summed E-state index contributed by atoms with van der Waals surface area (Å²) in [6.07, 6.45) is 1.39. The largest absolute Gasteiger partial charge is 0.495 e. The molecule has 2 fully saturated rings. The molecule has 2 heterocycles. The second kappa shape index (κ2) is 4.93. The molecule has 0 bridgehead atoms. The van der Waals surface area contributed by atoms with E-state index in [0.29, 0.717) is 18.7 Å². The fraction of sp³-hybridized carbons (Fsp3) is 0.562. The monoisotopic (exact) mass is 340 g/mol. The van der Waals surface area contributed by atoms with Crippen molar-refractivity contribution in [1.29, 1.82) is 0 Å². The Morgan fingerprint density at radius 3 is 2.57 bits per heavy atom. The van der Waals surface area contributed by atoms with Crippen LogP contribution in [0.15, 0.2) is 12.1 Å². The van der Waals surface area contributed by atoms with Gasteiger partial charge in [-0.25, -0.2) is 13.8 Å². The van der Waals surface area contributed by atoms with Gasteiger partial charge < -0.3 is 14.4 Å². The van der Waals surface area contributed by atoms with Crippen molar-refractivity contribution in [1.82, 2.24) is 4.98 Å². The first kappa shape index (κ1) is 14.9. The van der Waals surface area contributed by atoms with Crippen LogP contribution in [0, 0.1) is 5.41 Å². The Kier molecular flexibility index (Phi) is 3.20. The number of fused-ring (bicyclic) bond motifs is 1. The lowest BCUT2D eigenvalue weighted by molar-refractivity contribution is 0.0575. The topological polar surface area (TPSA) is 34.6 Å². The number of benzene rings is 1. The molecular formula is C16H18F2N2O2S. The first-order valence-corrected chi connectivity index (χ1v) is 8.46. The Morgan fingerprint density at radius 2 is 1.91 bits per heavy atom. The molecule has 0 radical (unpaired) electrons. The highest BCUT2D eigenvalue weighted by Gasteiger charge is 2.71. The van der Waals surface area contributed by atoms with Gasteiger partial charge in [-0.05, 0) is 25.0 Å². The second-order valence-corrected chi connectivity index (χ2v) is 7.31. The summed E-state index contributed by atoms with van der Waals surface area (Å²) >= 11 is 1.48. The van der Waals surface area contributed by atoms with Crippen LogP contribution < -0.4 is 14.4 Å². The van der Waals surface area contributed by atoms with Crippen molar-refractivity contribution in [3.63, 3.8) is 0 Å². The van der Waals surface area contributed by atoms with Crippen molar-refractivity contribution >= 4 is 26.7 Å². The smallest absolute Gasteiger partial charge is 0.256 e. The van der Waals surface area contributed by atoms with Crippen LogP contribution in [0.4, 0.5) is 13.9 Å². The number of rotatable bonds is 3. The summed E-state index contributed by atoms with van der Waals surface area (Å²) < 4.78 is 39.1. The summed E-state index contributed by atoms with van der Waals surface area (Å²) in [7, 11) is 3.21. The summed E-state index contributed by atoms with van der Waals surface area (Å²) in [4.78, 5) is 6.65. The Balaban J connectivity index is 1.72. The van der Waals surface area contributed by atoms with E-state index in [4.69, 9.17) is 9.47 Å². The van der Waals surface area contributed by atoms with Crippen LogP contribution in [0.1, 0.15) is 19.3 Å². The molecule has 1 saturated carbocycles. The fourth-order valence-corrected chi connectivity index (χ4v) is 4.63. The number of hydrogen-bond donors (Lipinski definition) is 0. The van der Waals surface area contributed by atoms with Crippen LogP contribution in [0.5, 0.6) is 11.5 Å². The van der Waals surface area contributed by atoms with Gasteiger partial charge in [0, 0.05) is 19.5 Å². The summed E-state index contributed by atoms with van der Waals surface area (Å²) in [5.74, 6) is -1.11. The number of thiazole rings is 1. The standard InChI is InChI=1S/C16H18F2N2O2S/c1-21-10-4-5-11(22-2)13-12(10)19-14(23-13)20-7-3-6-15(9-20)8-16(15,17)18/h4-5H,3,6-9H2,1-2H3. The minimum absolute atomic E-state index is 0.00797. The lowest BCUT2D eigenvalue weighted by atomic mass is 9.95. The molecule has 2 aromatic rings. The molecule has 1 aliphatic carbocycles. The molecule has 0 N–H and O–H groups in total. The average Bonchev–Trinajstić information content (AvgIpc) is 2.90. The number of halogens is 2. The maximum absolute atomic E-state index is 13.7. The quantitative estimate of drug-likeness (QED) is 0.848. The van der Waals surface area contributed by atoms with Crippen molar-refractivity contribution in [2.75, 3.05) is 32.2 Å². The first-order chi connectivity index (χ1) is 11.0. The molecule has 2 aliphatic rings. The molecule has 0 amide bonds. The maximum Gasteiger partial charge on any atom is 0.256 e. The van der Waals surface area contributed by atoms with Gasteiger partial charge in [-0.2, -0.15) is 0 Å². The van der Waals surface area contributed by atoms with Gasteiger partial charge in [0.2, 0.25) is 0 Å². The number of nitrogens with zero attached hydrogens (tertiary/aromatic N) is 2. The number of aromatic nitrogens is 1. The zero-order valence-corrected chi connectivity index (χ0v) is 13.9. The summed E-state index contributed by atoms with van der Waals surface area (Å²) in [5.41, 5.74) is -0.105. The number of piperidine rings is 1. The third kappa shape index (κ3) is 2.16. The second-order valence-electron chi connectivity index (χ2n) is 6.33. The third-order valence-electron chi connectivity index (χ3n) is 4.96. The molecule has 1 aromatic heterocycles. The highest BCUT2D eigenvalue weighted by molar-refractivity contribution is 7.22. The van der Waals surface area contributed by atoms with Crippen LogP contribution in [0.25, 0.3) is 10.2 Å². The minimum Gasteiger partial charge on any atom is -0.495 e. The summed E-state index contributed by atoms with van der Waals surface area (Å²) in [6.45, 7) is 1.15. The van der Waals surface area contributed by atoms with E-state index in [2.05, 4.69) is 4.98 Å². The van der Waals surface area contributed by atoms with Crippen molar-refractivity contribution in [2.45, 2.75) is 25.2 Å². The highest BCUT2D eigenvalue weighted by atomic mass is 32.1. The summed E-state index contributed by atoms with van der Waals surface area (Å²) in [5, 5.41) is 0.768. The van der Waals surface area contributed by atoms with E-state index < -0.39 is 11.3 Å². The Hall–Kier alpha value is -1.63. The van der Waals surface area contributed by atoms with Gasteiger partial charge in [0.1, 0.15) is 21.7 Å². The Morgan fingerprint density at radius 1 is 1.22 bits per heavy atom. The van der Waals surface area contributed by atoms with Gasteiger partial charge in [-0.1, -0.05) is 11.3 Å². The average molecular weight is 340 g/mol. The van der Waals surface area contributed by atoms with Crippen molar-refractivity contribution in [3.8, 4) is 11.5 Å².